The zero-order valence-electron chi connectivity index (χ0n) is 12.2. The van der Waals surface area contributed by atoms with Gasteiger partial charge >= 0.3 is 0 Å². The molecule has 0 unspecified atom stereocenters. The highest BCUT2D eigenvalue weighted by molar-refractivity contribution is 5.29. The SMILES string of the molecule is CC[C@H](C)c1ccc(OCCCCNCCO)cc1. The Labute approximate surface area is 117 Å². The maximum Gasteiger partial charge on any atom is 0.119 e. The summed E-state index contributed by atoms with van der Waals surface area (Å²) in [5.74, 6) is 1.57. The number of aliphatic hydroxyl groups is 1. The number of unbranched alkanes of at least 4 members (excludes halogenated alkanes) is 1. The first-order chi connectivity index (χ1) is 9.27. The standard InChI is InChI=1S/C16H27NO2/c1-3-14(2)15-6-8-16(9-7-15)19-13-5-4-10-17-11-12-18/h6-9,14,17-18H,3-5,10-13H2,1-2H3/t14-/m0/s1. The van der Waals surface area contributed by atoms with Gasteiger partial charge in [0.05, 0.1) is 13.2 Å². The van der Waals surface area contributed by atoms with Crippen molar-refractivity contribution in [3.63, 3.8) is 0 Å². The second kappa shape index (κ2) is 9.82. The quantitative estimate of drug-likeness (QED) is 0.639. The number of aliphatic hydroxyl groups excluding tert-OH is 1. The van der Waals surface area contributed by atoms with E-state index in [2.05, 4.69) is 43.4 Å². The molecule has 0 fully saturated rings. The molecule has 1 aromatic carbocycles. The van der Waals surface area contributed by atoms with Crippen LogP contribution in [0.3, 0.4) is 0 Å². The van der Waals surface area contributed by atoms with Crippen LogP contribution in [0.1, 0.15) is 44.6 Å². The summed E-state index contributed by atoms with van der Waals surface area (Å²) in [4.78, 5) is 0. The molecular weight excluding hydrogens is 238 g/mol. The van der Waals surface area contributed by atoms with Crippen LogP contribution < -0.4 is 10.1 Å². The average molecular weight is 265 g/mol. The van der Waals surface area contributed by atoms with E-state index in [1.807, 2.05) is 0 Å². The average Bonchev–Trinajstić information content (AvgIpc) is 2.46. The van der Waals surface area contributed by atoms with Crippen LogP contribution in [-0.4, -0.2) is 31.4 Å². The summed E-state index contributed by atoms with van der Waals surface area (Å²) in [6.45, 7) is 7.03. The van der Waals surface area contributed by atoms with Crippen LogP contribution in [0.4, 0.5) is 0 Å². The molecule has 1 atom stereocenters. The van der Waals surface area contributed by atoms with Crippen LogP contribution in [0.5, 0.6) is 5.75 Å². The van der Waals surface area contributed by atoms with Crippen LogP contribution in [-0.2, 0) is 0 Å². The highest BCUT2D eigenvalue weighted by atomic mass is 16.5. The second-order valence-electron chi connectivity index (χ2n) is 4.91. The van der Waals surface area contributed by atoms with Gasteiger partial charge in [0.15, 0.2) is 0 Å². The summed E-state index contributed by atoms with van der Waals surface area (Å²) in [6, 6.07) is 8.44. The lowest BCUT2D eigenvalue weighted by molar-refractivity contribution is 0.286. The Morgan fingerprint density at radius 3 is 2.53 bits per heavy atom. The predicted octanol–water partition coefficient (Wildman–Crippen LogP) is 2.94. The van der Waals surface area contributed by atoms with E-state index in [0.717, 1.165) is 31.7 Å². The number of rotatable bonds is 10. The Morgan fingerprint density at radius 1 is 1.16 bits per heavy atom. The van der Waals surface area contributed by atoms with Crippen LogP contribution in [0.15, 0.2) is 24.3 Å². The summed E-state index contributed by atoms with van der Waals surface area (Å²) in [5, 5.41) is 11.8. The van der Waals surface area contributed by atoms with Crippen LogP contribution in [0, 0.1) is 0 Å². The van der Waals surface area contributed by atoms with Crippen LogP contribution in [0.2, 0.25) is 0 Å². The van der Waals surface area contributed by atoms with Gasteiger partial charge in [-0.15, -0.1) is 0 Å². The molecular formula is C16H27NO2. The molecule has 0 aliphatic heterocycles. The summed E-state index contributed by atoms with van der Waals surface area (Å²) in [6.07, 6.45) is 3.28. The fourth-order valence-corrected chi connectivity index (χ4v) is 1.87. The van der Waals surface area contributed by atoms with Crippen molar-refractivity contribution < 1.29 is 9.84 Å². The van der Waals surface area contributed by atoms with Gasteiger partial charge in [0, 0.05) is 6.54 Å². The second-order valence-corrected chi connectivity index (χ2v) is 4.91. The molecule has 1 aromatic rings. The molecule has 0 spiro atoms. The fraction of sp³-hybridized carbons (Fsp3) is 0.625. The smallest absolute Gasteiger partial charge is 0.119 e. The predicted molar refractivity (Wildman–Crippen MR) is 79.8 cm³/mol. The van der Waals surface area contributed by atoms with Crippen molar-refractivity contribution in [3.05, 3.63) is 29.8 Å². The van der Waals surface area contributed by atoms with E-state index in [0.29, 0.717) is 12.5 Å². The van der Waals surface area contributed by atoms with Gasteiger partial charge in [-0.1, -0.05) is 26.0 Å². The summed E-state index contributed by atoms with van der Waals surface area (Å²) in [5.41, 5.74) is 1.38. The minimum Gasteiger partial charge on any atom is -0.494 e. The molecule has 0 amide bonds. The third-order valence-electron chi connectivity index (χ3n) is 3.37. The van der Waals surface area contributed by atoms with Gasteiger partial charge < -0.3 is 15.2 Å². The summed E-state index contributed by atoms with van der Waals surface area (Å²) in [7, 11) is 0. The van der Waals surface area contributed by atoms with Gasteiger partial charge in [0.2, 0.25) is 0 Å². The first-order valence-corrected chi connectivity index (χ1v) is 7.32. The van der Waals surface area contributed by atoms with E-state index in [-0.39, 0.29) is 6.61 Å². The lowest BCUT2D eigenvalue weighted by Gasteiger charge is -2.10. The first kappa shape index (κ1) is 16.0. The molecule has 0 aliphatic rings. The third kappa shape index (κ3) is 6.60. The molecule has 1 rings (SSSR count). The molecule has 3 nitrogen and oxygen atoms in total. The first-order valence-electron chi connectivity index (χ1n) is 7.32. The number of ether oxygens (including phenoxy) is 1. The van der Waals surface area contributed by atoms with Gasteiger partial charge in [0.25, 0.3) is 0 Å². The van der Waals surface area contributed by atoms with Crippen molar-refractivity contribution in [1.29, 1.82) is 0 Å². The molecule has 3 heteroatoms. The lowest BCUT2D eigenvalue weighted by atomic mass is 9.99. The highest BCUT2D eigenvalue weighted by Gasteiger charge is 2.02. The Hall–Kier alpha value is -1.06. The molecule has 108 valence electrons. The number of benzene rings is 1. The molecule has 0 saturated heterocycles. The molecule has 0 radical (unpaired) electrons. The monoisotopic (exact) mass is 265 g/mol. The van der Waals surface area contributed by atoms with E-state index >= 15 is 0 Å². The molecule has 0 aliphatic carbocycles. The Kier molecular flexibility index (Phi) is 8.26. The van der Waals surface area contributed by atoms with Crippen molar-refractivity contribution >= 4 is 0 Å². The van der Waals surface area contributed by atoms with Gasteiger partial charge in [-0.2, -0.15) is 0 Å². The van der Waals surface area contributed by atoms with Crippen molar-refractivity contribution in [2.45, 2.75) is 39.0 Å². The maximum absolute atomic E-state index is 8.61. The van der Waals surface area contributed by atoms with Crippen molar-refractivity contribution in [2.24, 2.45) is 0 Å². The van der Waals surface area contributed by atoms with Gasteiger partial charge in [-0.25, -0.2) is 0 Å². The van der Waals surface area contributed by atoms with Gasteiger partial charge in [-0.05, 0) is 49.4 Å². The van der Waals surface area contributed by atoms with Gasteiger partial charge in [-0.3, -0.25) is 0 Å². The van der Waals surface area contributed by atoms with Gasteiger partial charge in [0.1, 0.15) is 5.75 Å². The number of nitrogens with one attached hydrogen (secondary N) is 1. The fourth-order valence-electron chi connectivity index (χ4n) is 1.87. The Morgan fingerprint density at radius 2 is 1.89 bits per heavy atom. The minimum absolute atomic E-state index is 0.207. The highest BCUT2D eigenvalue weighted by Crippen LogP contribution is 2.21. The van der Waals surface area contributed by atoms with E-state index in [1.54, 1.807) is 0 Å². The number of hydrogen-bond donors (Lipinski definition) is 2. The molecule has 0 aromatic heterocycles. The summed E-state index contributed by atoms with van der Waals surface area (Å²) >= 11 is 0. The summed E-state index contributed by atoms with van der Waals surface area (Å²) < 4.78 is 5.70. The minimum atomic E-state index is 0.207. The number of hydrogen-bond acceptors (Lipinski definition) is 3. The van der Waals surface area contributed by atoms with E-state index in [4.69, 9.17) is 9.84 Å². The van der Waals surface area contributed by atoms with E-state index in [1.165, 1.54) is 12.0 Å². The molecule has 0 bridgehead atoms. The van der Waals surface area contributed by atoms with E-state index in [9.17, 15) is 0 Å². The zero-order chi connectivity index (χ0) is 13.9. The largest absolute Gasteiger partial charge is 0.494 e. The Balaban J connectivity index is 2.16. The molecule has 19 heavy (non-hydrogen) atoms. The molecule has 0 heterocycles. The molecule has 2 N–H and O–H groups in total. The Bertz CT molecular complexity index is 324. The van der Waals surface area contributed by atoms with E-state index < -0.39 is 0 Å². The molecule has 0 saturated carbocycles. The lowest BCUT2D eigenvalue weighted by Crippen LogP contribution is -2.19. The maximum atomic E-state index is 8.61. The van der Waals surface area contributed by atoms with Crippen molar-refractivity contribution in [3.8, 4) is 5.75 Å². The zero-order valence-corrected chi connectivity index (χ0v) is 12.2. The topological polar surface area (TPSA) is 41.5 Å². The van der Waals surface area contributed by atoms with Crippen LogP contribution in [0.25, 0.3) is 0 Å². The van der Waals surface area contributed by atoms with Crippen LogP contribution >= 0.6 is 0 Å². The van der Waals surface area contributed by atoms with Crippen molar-refractivity contribution in [1.82, 2.24) is 5.32 Å². The third-order valence-corrected chi connectivity index (χ3v) is 3.37. The van der Waals surface area contributed by atoms with Crippen molar-refractivity contribution in [2.75, 3.05) is 26.3 Å². The normalized spacial score (nSPS) is 12.4.